The van der Waals surface area contributed by atoms with Crippen LogP contribution < -0.4 is 5.73 Å². The Labute approximate surface area is 185 Å². The van der Waals surface area contributed by atoms with Crippen LogP contribution in [0.25, 0.3) is 5.52 Å². The van der Waals surface area contributed by atoms with E-state index in [2.05, 4.69) is 16.2 Å². The van der Waals surface area contributed by atoms with Gasteiger partial charge in [-0.25, -0.2) is 14.3 Å². The average molecular weight is 445 g/mol. The molecule has 2 aliphatic heterocycles. The Bertz CT molecular complexity index is 1050. The summed E-state index contributed by atoms with van der Waals surface area (Å²) in [4.78, 5) is 16.1. The van der Waals surface area contributed by atoms with E-state index in [0.29, 0.717) is 29.4 Å². The Balaban J connectivity index is 1.59. The van der Waals surface area contributed by atoms with Crippen LogP contribution in [0.5, 0.6) is 0 Å². The highest BCUT2D eigenvalue weighted by atomic mass is 16.8. The van der Waals surface area contributed by atoms with Gasteiger partial charge in [0.1, 0.15) is 42.8 Å². The van der Waals surface area contributed by atoms with Gasteiger partial charge >= 0.3 is 6.16 Å². The second kappa shape index (κ2) is 8.20. The third-order valence-corrected chi connectivity index (χ3v) is 5.54. The summed E-state index contributed by atoms with van der Waals surface area (Å²) in [7, 11) is 0. The van der Waals surface area contributed by atoms with Crippen molar-refractivity contribution in [1.29, 1.82) is 5.26 Å². The first-order chi connectivity index (χ1) is 15.2. The number of carbonyl (C=O) groups is 1. The van der Waals surface area contributed by atoms with E-state index in [1.165, 1.54) is 6.33 Å². The summed E-state index contributed by atoms with van der Waals surface area (Å²) in [6, 6.07) is 5.69. The van der Waals surface area contributed by atoms with Crippen LogP contribution in [-0.4, -0.2) is 57.6 Å². The van der Waals surface area contributed by atoms with E-state index < -0.39 is 35.9 Å². The molecule has 0 aromatic carbocycles. The van der Waals surface area contributed by atoms with Crippen molar-refractivity contribution in [3.8, 4) is 6.07 Å². The number of nitriles is 1. The third-order valence-electron chi connectivity index (χ3n) is 5.54. The number of hydrogen-bond acceptors (Lipinski definition) is 10. The van der Waals surface area contributed by atoms with Crippen LogP contribution in [0.1, 0.15) is 45.9 Å². The number of nitrogens with two attached hydrogens (primary N) is 1. The van der Waals surface area contributed by atoms with E-state index in [4.69, 9.17) is 29.4 Å². The third kappa shape index (κ3) is 3.97. The van der Waals surface area contributed by atoms with Crippen LogP contribution in [0, 0.1) is 17.2 Å². The number of nitrogen functional groups attached to an aromatic ring is 1. The predicted molar refractivity (Wildman–Crippen MR) is 110 cm³/mol. The molecule has 4 atom stereocenters. The zero-order chi connectivity index (χ0) is 23.1. The number of anilines is 1. The molecule has 0 saturated carbocycles. The summed E-state index contributed by atoms with van der Waals surface area (Å²) in [6.45, 7) is 7.41. The Kier molecular flexibility index (Phi) is 5.70. The first kappa shape index (κ1) is 22.3. The van der Waals surface area contributed by atoms with Crippen molar-refractivity contribution in [3.05, 3.63) is 24.2 Å². The lowest BCUT2D eigenvalue weighted by molar-refractivity contribution is -0.205. The molecule has 0 radical (unpaired) electrons. The van der Waals surface area contributed by atoms with E-state index in [9.17, 15) is 10.1 Å². The molecule has 2 aliphatic rings. The van der Waals surface area contributed by atoms with Crippen LogP contribution in [0.2, 0.25) is 0 Å². The molecule has 4 rings (SSSR count). The quantitative estimate of drug-likeness (QED) is 0.658. The van der Waals surface area contributed by atoms with E-state index >= 15 is 0 Å². The molecule has 4 heterocycles. The molecule has 0 bridgehead atoms. The minimum absolute atomic E-state index is 0.232. The molecule has 11 heteroatoms. The summed E-state index contributed by atoms with van der Waals surface area (Å²) >= 11 is 0. The van der Waals surface area contributed by atoms with Gasteiger partial charge in [-0.15, -0.1) is 0 Å². The smallest absolute Gasteiger partial charge is 0.434 e. The molecule has 2 N–H and O–H groups in total. The van der Waals surface area contributed by atoms with Gasteiger partial charge in [-0.2, -0.15) is 10.4 Å². The number of aromatic nitrogens is 3. The van der Waals surface area contributed by atoms with Gasteiger partial charge in [-0.05, 0) is 38.3 Å². The SMILES string of the molecule is CC(C)CCOC(=O)OC[C@@]1(C#N)O[C@@H](c2ccc3c(N)ncnn23)C2OC(C)(C)OC21. The van der Waals surface area contributed by atoms with E-state index in [1.54, 1.807) is 30.5 Å². The van der Waals surface area contributed by atoms with Crippen molar-refractivity contribution in [1.82, 2.24) is 14.6 Å². The van der Waals surface area contributed by atoms with Crippen LogP contribution >= 0.6 is 0 Å². The van der Waals surface area contributed by atoms with Gasteiger partial charge < -0.3 is 29.4 Å². The normalized spacial score (nSPS) is 28.6. The summed E-state index contributed by atoms with van der Waals surface area (Å²) in [5.74, 6) is -0.268. The van der Waals surface area contributed by atoms with Gasteiger partial charge in [-0.3, -0.25) is 0 Å². The largest absolute Gasteiger partial charge is 0.508 e. The molecule has 0 aliphatic carbocycles. The van der Waals surface area contributed by atoms with Crippen molar-refractivity contribution in [2.24, 2.45) is 5.92 Å². The number of fused-ring (bicyclic) bond motifs is 2. The highest BCUT2D eigenvalue weighted by molar-refractivity contribution is 5.65. The minimum Gasteiger partial charge on any atom is -0.434 e. The van der Waals surface area contributed by atoms with Crippen LogP contribution in [0.15, 0.2) is 18.5 Å². The maximum absolute atomic E-state index is 12.1. The van der Waals surface area contributed by atoms with Crippen LogP contribution in [-0.2, 0) is 23.7 Å². The van der Waals surface area contributed by atoms with Gasteiger partial charge in [0.05, 0.1) is 12.3 Å². The number of hydrogen-bond donors (Lipinski definition) is 1. The molecular formula is C21H27N5O6. The first-order valence-electron chi connectivity index (χ1n) is 10.5. The monoisotopic (exact) mass is 445 g/mol. The summed E-state index contributed by atoms with van der Waals surface area (Å²) in [6.07, 6.45) is -0.990. The minimum atomic E-state index is -1.59. The Morgan fingerprint density at radius 2 is 2.09 bits per heavy atom. The molecule has 2 aromatic heterocycles. The van der Waals surface area contributed by atoms with Gasteiger partial charge in [0.15, 0.2) is 11.6 Å². The highest BCUT2D eigenvalue weighted by Crippen LogP contribution is 2.50. The number of carbonyl (C=O) groups excluding carboxylic acids is 1. The van der Waals surface area contributed by atoms with Crippen LogP contribution in [0.4, 0.5) is 10.6 Å². The molecule has 0 amide bonds. The van der Waals surface area contributed by atoms with Gasteiger partial charge in [0, 0.05) is 0 Å². The average Bonchev–Trinajstić information content (AvgIpc) is 3.37. The Morgan fingerprint density at radius 1 is 1.31 bits per heavy atom. The predicted octanol–water partition coefficient (Wildman–Crippen LogP) is 2.36. The van der Waals surface area contributed by atoms with E-state index in [0.717, 1.165) is 0 Å². The molecule has 32 heavy (non-hydrogen) atoms. The Morgan fingerprint density at radius 3 is 2.81 bits per heavy atom. The fraction of sp³-hybridized carbons (Fsp3) is 0.619. The first-order valence-corrected chi connectivity index (χ1v) is 10.5. The Hall–Kier alpha value is -2.94. The van der Waals surface area contributed by atoms with Crippen molar-refractivity contribution >= 4 is 17.5 Å². The van der Waals surface area contributed by atoms with E-state index in [1.807, 2.05) is 13.8 Å². The molecule has 2 aromatic rings. The standard InChI is InChI=1S/C21H27N5O6/c1-12(2)7-8-28-19(27)29-10-21(9-22)17-16(30-20(3,4)32-17)15(31-21)13-5-6-14-18(23)24-11-25-26(13)14/h5-6,11-12,15-17H,7-8,10H2,1-4H3,(H2,23,24,25)/t15-,16?,17?,21+/m0/s1. The fourth-order valence-electron chi connectivity index (χ4n) is 3.97. The molecular weight excluding hydrogens is 418 g/mol. The highest BCUT2D eigenvalue weighted by Gasteiger charge is 2.65. The number of ether oxygens (including phenoxy) is 5. The van der Waals surface area contributed by atoms with Crippen molar-refractivity contribution < 1.29 is 28.5 Å². The fourth-order valence-corrected chi connectivity index (χ4v) is 3.97. The van der Waals surface area contributed by atoms with Crippen molar-refractivity contribution in [2.75, 3.05) is 18.9 Å². The van der Waals surface area contributed by atoms with Crippen molar-refractivity contribution in [2.45, 2.75) is 63.8 Å². The second-order valence-corrected chi connectivity index (χ2v) is 8.83. The van der Waals surface area contributed by atoms with Gasteiger partial charge in [-0.1, -0.05) is 13.8 Å². The summed E-state index contributed by atoms with van der Waals surface area (Å²) in [5.41, 5.74) is 5.56. The molecule has 2 saturated heterocycles. The molecule has 2 fully saturated rings. The van der Waals surface area contributed by atoms with E-state index in [-0.39, 0.29) is 13.2 Å². The molecule has 2 unspecified atom stereocenters. The maximum Gasteiger partial charge on any atom is 0.508 e. The lowest BCUT2D eigenvalue weighted by Gasteiger charge is -2.28. The van der Waals surface area contributed by atoms with Gasteiger partial charge in [0.25, 0.3) is 0 Å². The number of nitrogens with zero attached hydrogens (tertiary/aromatic N) is 4. The zero-order valence-electron chi connectivity index (χ0n) is 18.5. The molecule has 0 spiro atoms. The topological polar surface area (TPSA) is 143 Å². The number of rotatable bonds is 6. The van der Waals surface area contributed by atoms with Gasteiger partial charge in [0.2, 0.25) is 5.60 Å². The summed E-state index contributed by atoms with van der Waals surface area (Å²) in [5, 5.41) is 14.3. The maximum atomic E-state index is 12.1. The lowest BCUT2D eigenvalue weighted by atomic mass is 9.96. The van der Waals surface area contributed by atoms with Crippen LogP contribution in [0.3, 0.4) is 0 Å². The van der Waals surface area contributed by atoms with Crippen molar-refractivity contribution in [3.63, 3.8) is 0 Å². The summed E-state index contributed by atoms with van der Waals surface area (Å²) < 4.78 is 30.2. The molecule has 11 nitrogen and oxygen atoms in total. The second-order valence-electron chi connectivity index (χ2n) is 8.83. The lowest BCUT2D eigenvalue weighted by Crippen LogP contribution is -2.46. The molecule has 172 valence electrons. The zero-order valence-corrected chi connectivity index (χ0v) is 18.5.